The molecule has 3 N–H and O–H groups in total. The second-order valence-electron chi connectivity index (χ2n) is 16.0. The topological polar surface area (TPSA) is 138 Å². The van der Waals surface area contributed by atoms with Crippen LogP contribution in [0.25, 0.3) is 0 Å². The van der Waals surface area contributed by atoms with Crippen molar-refractivity contribution < 1.29 is 28.7 Å². The van der Waals surface area contributed by atoms with Gasteiger partial charge in [0.05, 0.1) is 5.56 Å². The van der Waals surface area contributed by atoms with E-state index in [0.717, 1.165) is 63.5 Å². The molecule has 3 aliphatic rings. The van der Waals surface area contributed by atoms with Crippen LogP contribution < -0.4 is 10.6 Å². The van der Waals surface area contributed by atoms with Gasteiger partial charge in [0.25, 0.3) is 5.91 Å². The van der Waals surface area contributed by atoms with Crippen LogP contribution in [0.4, 0.5) is 0 Å². The second kappa shape index (κ2) is 13.9. The number of ketones is 1. The Balaban J connectivity index is 1.64. The van der Waals surface area contributed by atoms with Gasteiger partial charge in [-0.1, -0.05) is 52.9 Å². The molecule has 10 heteroatoms. The number of aromatic nitrogens is 1. The van der Waals surface area contributed by atoms with E-state index in [4.69, 9.17) is 4.74 Å². The molecule has 4 rings (SSSR count). The lowest BCUT2D eigenvalue weighted by Crippen LogP contribution is -2.62. The first-order chi connectivity index (χ1) is 21.4. The lowest BCUT2D eigenvalue weighted by atomic mass is 9.81. The molecule has 0 bridgehead atoms. The third-order valence-electron chi connectivity index (χ3n) is 10.2. The Labute approximate surface area is 274 Å². The normalized spacial score (nSPS) is 23.7. The molecule has 10 nitrogen and oxygen atoms in total. The van der Waals surface area contributed by atoms with E-state index >= 15 is 0 Å². The number of ether oxygens (including phenoxy) is 1. The molecule has 0 spiro atoms. The fourth-order valence-electron chi connectivity index (χ4n) is 7.79. The molecular formula is C36H56N4O6. The molecule has 0 radical (unpaired) electrons. The minimum absolute atomic E-state index is 0.0845. The zero-order chi connectivity index (χ0) is 34.1. The number of rotatable bonds is 8. The number of nitrogens with zero attached hydrogens (tertiary/aromatic N) is 1. The van der Waals surface area contributed by atoms with Crippen molar-refractivity contribution in [2.45, 2.75) is 156 Å². The first-order valence-corrected chi connectivity index (χ1v) is 17.3. The van der Waals surface area contributed by atoms with E-state index in [1.54, 1.807) is 11.8 Å². The van der Waals surface area contributed by atoms with E-state index in [-0.39, 0.29) is 35.3 Å². The van der Waals surface area contributed by atoms with Crippen LogP contribution in [-0.4, -0.2) is 69.1 Å². The number of carbonyl (C=O) groups excluding carboxylic acids is 5. The molecule has 0 aromatic carbocycles. The van der Waals surface area contributed by atoms with Gasteiger partial charge in [-0.2, -0.15) is 0 Å². The number of H-pyrrole nitrogens is 1. The monoisotopic (exact) mass is 640 g/mol. The number of hydrogen-bond donors (Lipinski definition) is 3. The van der Waals surface area contributed by atoms with Crippen LogP contribution in [-0.2, 0) is 19.1 Å². The first kappa shape index (κ1) is 35.7. The molecular weight excluding hydrogens is 584 g/mol. The van der Waals surface area contributed by atoms with Crippen LogP contribution in [0.5, 0.6) is 0 Å². The van der Waals surface area contributed by atoms with Gasteiger partial charge >= 0.3 is 5.97 Å². The summed E-state index contributed by atoms with van der Waals surface area (Å²) in [5, 5.41) is 6.04. The van der Waals surface area contributed by atoms with Crippen molar-refractivity contribution in [3.63, 3.8) is 0 Å². The van der Waals surface area contributed by atoms with Crippen LogP contribution in [0.1, 0.15) is 145 Å². The summed E-state index contributed by atoms with van der Waals surface area (Å²) >= 11 is 0. The molecule has 1 saturated heterocycles. The molecule has 1 aromatic rings. The molecule has 2 heterocycles. The highest BCUT2D eigenvalue weighted by Crippen LogP contribution is 2.42. The highest BCUT2D eigenvalue weighted by atomic mass is 16.6. The van der Waals surface area contributed by atoms with Crippen LogP contribution in [0.15, 0.2) is 0 Å². The maximum absolute atomic E-state index is 14.6. The SMILES string of the molecule is CC(=O)c1c(C(=O)NC(C(=O)NC(C(=O)N2C(C(=O)OC(C)(C)C)CC3CCCCC32)C(C)(C)C)C2CCCCC2)[nH]c(C)c1C. The lowest BCUT2D eigenvalue weighted by Gasteiger charge is -2.40. The van der Waals surface area contributed by atoms with Crippen molar-refractivity contribution in [2.24, 2.45) is 17.3 Å². The number of nitrogens with one attached hydrogen (secondary N) is 3. The summed E-state index contributed by atoms with van der Waals surface area (Å²) in [5.41, 5.74) is 0.528. The molecule has 5 unspecified atom stereocenters. The van der Waals surface area contributed by atoms with Gasteiger partial charge in [0, 0.05) is 11.7 Å². The number of aromatic amines is 1. The van der Waals surface area contributed by atoms with E-state index in [1.807, 2.05) is 48.5 Å². The maximum atomic E-state index is 14.6. The number of fused-ring (bicyclic) bond motifs is 1. The molecule has 256 valence electrons. The average molecular weight is 641 g/mol. The Morgan fingerprint density at radius 2 is 1.48 bits per heavy atom. The molecule has 2 aliphatic carbocycles. The number of esters is 1. The highest BCUT2D eigenvalue weighted by molar-refractivity contribution is 6.08. The highest BCUT2D eigenvalue weighted by Gasteiger charge is 2.52. The van der Waals surface area contributed by atoms with Crippen molar-refractivity contribution in [2.75, 3.05) is 0 Å². The molecule has 3 amide bonds. The standard InChI is InChI=1S/C36H56N4O6/c1-20-21(2)37-29(27(20)22(3)41)32(43)38-28(23-15-11-10-12-16-23)31(42)39-30(35(4,5)6)33(44)40-25-18-14-13-17-24(25)19-26(40)34(45)46-36(7,8)9/h23-26,28,30,37H,10-19H2,1-9H3,(H,38,43)(H,39,42). The Bertz CT molecular complexity index is 1330. The van der Waals surface area contributed by atoms with Crippen molar-refractivity contribution in [3.05, 3.63) is 22.5 Å². The van der Waals surface area contributed by atoms with Gasteiger partial charge in [-0.05, 0) is 96.5 Å². The van der Waals surface area contributed by atoms with E-state index in [0.29, 0.717) is 17.5 Å². The Morgan fingerprint density at radius 1 is 0.870 bits per heavy atom. The first-order valence-electron chi connectivity index (χ1n) is 17.3. The van der Waals surface area contributed by atoms with Gasteiger partial charge in [-0.25, -0.2) is 4.79 Å². The fourth-order valence-corrected chi connectivity index (χ4v) is 7.79. The molecule has 46 heavy (non-hydrogen) atoms. The van der Waals surface area contributed by atoms with Gasteiger partial charge < -0.3 is 25.3 Å². The van der Waals surface area contributed by atoms with E-state index in [2.05, 4.69) is 15.6 Å². The van der Waals surface area contributed by atoms with Crippen LogP contribution in [0, 0.1) is 31.1 Å². The Morgan fingerprint density at radius 3 is 2.07 bits per heavy atom. The Hall–Kier alpha value is -3.17. The van der Waals surface area contributed by atoms with Crippen LogP contribution >= 0.6 is 0 Å². The van der Waals surface area contributed by atoms with Crippen molar-refractivity contribution in [3.8, 4) is 0 Å². The molecule has 5 atom stereocenters. The van der Waals surface area contributed by atoms with Crippen LogP contribution in [0.2, 0.25) is 0 Å². The van der Waals surface area contributed by atoms with E-state index < -0.39 is 46.9 Å². The summed E-state index contributed by atoms with van der Waals surface area (Å²) in [7, 11) is 0. The second-order valence-corrected chi connectivity index (χ2v) is 16.0. The van der Waals surface area contributed by atoms with Gasteiger partial charge in [0.15, 0.2) is 5.78 Å². The zero-order valence-corrected chi connectivity index (χ0v) is 29.4. The molecule has 3 fully saturated rings. The Kier molecular flexibility index (Phi) is 10.8. The van der Waals surface area contributed by atoms with Crippen LogP contribution in [0.3, 0.4) is 0 Å². The smallest absolute Gasteiger partial charge is 0.329 e. The summed E-state index contributed by atoms with van der Waals surface area (Å²) in [6, 6.07) is -2.62. The summed E-state index contributed by atoms with van der Waals surface area (Å²) < 4.78 is 5.80. The quantitative estimate of drug-likeness (QED) is 0.252. The number of hydrogen-bond acceptors (Lipinski definition) is 6. The molecule has 1 aliphatic heterocycles. The zero-order valence-electron chi connectivity index (χ0n) is 29.4. The predicted octanol–water partition coefficient (Wildman–Crippen LogP) is 5.55. The summed E-state index contributed by atoms with van der Waals surface area (Å²) in [6.45, 7) is 16.2. The maximum Gasteiger partial charge on any atom is 0.329 e. The van der Waals surface area contributed by atoms with Gasteiger partial charge in [0.2, 0.25) is 11.8 Å². The van der Waals surface area contributed by atoms with E-state index in [1.165, 1.54) is 6.92 Å². The minimum atomic E-state index is -0.934. The number of likely N-dealkylation sites (tertiary alicyclic amines) is 1. The molecule has 2 saturated carbocycles. The number of amides is 3. The fraction of sp³-hybridized carbons (Fsp3) is 0.750. The summed E-state index contributed by atoms with van der Waals surface area (Å²) in [5.74, 6) is -1.75. The number of Topliss-reactive ketones (excluding diaryl/α,β-unsaturated/α-hetero) is 1. The summed E-state index contributed by atoms with van der Waals surface area (Å²) in [6.07, 6.45) is 8.87. The third kappa shape index (κ3) is 7.85. The largest absolute Gasteiger partial charge is 0.458 e. The number of aryl methyl sites for hydroxylation is 1. The third-order valence-corrected chi connectivity index (χ3v) is 10.2. The van der Waals surface area contributed by atoms with Gasteiger partial charge in [-0.15, -0.1) is 0 Å². The molecule has 1 aromatic heterocycles. The summed E-state index contributed by atoms with van der Waals surface area (Å²) in [4.78, 5) is 73.4. The minimum Gasteiger partial charge on any atom is -0.458 e. The van der Waals surface area contributed by atoms with Gasteiger partial charge in [0.1, 0.15) is 29.4 Å². The number of carbonyl (C=O) groups is 5. The van der Waals surface area contributed by atoms with Gasteiger partial charge in [-0.3, -0.25) is 19.2 Å². The predicted molar refractivity (Wildman–Crippen MR) is 176 cm³/mol. The van der Waals surface area contributed by atoms with E-state index in [9.17, 15) is 24.0 Å². The lowest BCUT2D eigenvalue weighted by molar-refractivity contribution is -0.165. The van der Waals surface area contributed by atoms with Crippen molar-refractivity contribution in [1.29, 1.82) is 0 Å². The van der Waals surface area contributed by atoms with Crippen molar-refractivity contribution >= 4 is 29.5 Å². The van der Waals surface area contributed by atoms with Crippen molar-refractivity contribution in [1.82, 2.24) is 20.5 Å². The average Bonchev–Trinajstić information content (AvgIpc) is 3.50.